The highest BCUT2D eigenvalue weighted by Gasteiger charge is 2.39. The molecular weight excluding hydrogens is 362 g/mol. The molecule has 3 rings (SSSR count). The van der Waals surface area contributed by atoms with E-state index in [-0.39, 0.29) is 5.54 Å². The molecule has 2 fully saturated rings. The van der Waals surface area contributed by atoms with E-state index < -0.39 is 0 Å². The molecule has 2 aliphatic heterocycles. The van der Waals surface area contributed by atoms with Crippen molar-refractivity contribution in [2.24, 2.45) is 4.99 Å². The number of nitrogens with zero attached hydrogens (tertiary/aromatic N) is 3. The zero-order valence-electron chi connectivity index (χ0n) is 18.5. The number of piperidine rings is 2. The number of aliphatic imine (C=N–C) groups is 1. The van der Waals surface area contributed by atoms with E-state index in [1.807, 2.05) is 19.2 Å². The van der Waals surface area contributed by atoms with Crippen molar-refractivity contribution in [2.45, 2.75) is 44.1 Å². The first-order chi connectivity index (χ1) is 14.1. The normalized spacial score (nSPS) is 21.0. The van der Waals surface area contributed by atoms with Gasteiger partial charge < -0.3 is 20.3 Å². The molecule has 6 nitrogen and oxygen atoms in total. The zero-order chi connectivity index (χ0) is 20.5. The summed E-state index contributed by atoms with van der Waals surface area (Å²) in [5.74, 6) is 1.81. The van der Waals surface area contributed by atoms with E-state index in [0.29, 0.717) is 0 Å². The van der Waals surface area contributed by atoms with Crippen molar-refractivity contribution in [3.05, 3.63) is 29.8 Å². The Morgan fingerprint density at radius 1 is 1.03 bits per heavy atom. The molecule has 0 radical (unpaired) electrons. The van der Waals surface area contributed by atoms with Crippen LogP contribution in [0.5, 0.6) is 5.75 Å². The summed E-state index contributed by atoms with van der Waals surface area (Å²) in [6.07, 6.45) is 7.50. The highest BCUT2D eigenvalue weighted by molar-refractivity contribution is 5.79. The number of rotatable bonds is 7. The predicted octanol–water partition coefficient (Wildman–Crippen LogP) is 2.35. The predicted molar refractivity (Wildman–Crippen MR) is 121 cm³/mol. The quantitative estimate of drug-likeness (QED) is 0.543. The third-order valence-electron chi connectivity index (χ3n) is 6.62. The van der Waals surface area contributed by atoms with E-state index >= 15 is 0 Å². The summed E-state index contributed by atoms with van der Waals surface area (Å²) in [5.41, 5.74) is 1.56. The van der Waals surface area contributed by atoms with Gasteiger partial charge in [0.2, 0.25) is 0 Å². The summed E-state index contributed by atoms with van der Waals surface area (Å²) in [7, 11) is 5.81. The number of benzene rings is 1. The van der Waals surface area contributed by atoms with Crippen LogP contribution in [0.1, 0.15) is 37.7 Å². The Labute approximate surface area is 176 Å². The van der Waals surface area contributed by atoms with E-state index in [4.69, 9.17) is 4.74 Å². The first-order valence-electron chi connectivity index (χ1n) is 11.2. The van der Waals surface area contributed by atoms with Gasteiger partial charge in [-0.25, -0.2) is 0 Å². The van der Waals surface area contributed by atoms with Crippen LogP contribution in [-0.4, -0.2) is 81.8 Å². The number of hydrogen-bond donors (Lipinski definition) is 2. The Balaban J connectivity index is 1.51. The molecule has 2 heterocycles. The van der Waals surface area contributed by atoms with Gasteiger partial charge in [-0.05, 0) is 83.0 Å². The van der Waals surface area contributed by atoms with Crippen molar-refractivity contribution in [2.75, 3.05) is 60.5 Å². The number of ether oxygens (including phenoxy) is 1. The van der Waals surface area contributed by atoms with Crippen molar-refractivity contribution in [1.82, 2.24) is 20.4 Å². The van der Waals surface area contributed by atoms with Gasteiger partial charge in [-0.3, -0.25) is 9.89 Å². The number of guanidine groups is 1. The van der Waals surface area contributed by atoms with E-state index in [9.17, 15) is 0 Å². The molecule has 0 bridgehead atoms. The third-order valence-corrected chi connectivity index (χ3v) is 6.62. The molecule has 29 heavy (non-hydrogen) atoms. The van der Waals surface area contributed by atoms with E-state index in [0.717, 1.165) is 31.2 Å². The molecule has 1 aromatic carbocycles. The lowest BCUT2D eigenvalue weighted by molar-refractivity contribution is 0.0173. The van der Waals surface area contributed by atoms with Crippen LogP contribution in [0.25, 0.3) is 0 Å². The maximum Gasteiger partial charge on any atom is 0.191 e. The molecule has 1 aromatic rings. The highest BCUT2D eigenvalue weighted by atomic mass is 16.5. The topological polar surface area (TPSA) is 52.1 Å². The maximum atomic E-state index is 5.23. The largest absolute Gasteiger partial charge is 0.497 e. The fraction of sp³-hybridized carbons (Fsp3) is 0.696. The minimum absolute atomic E-state index is 0.264. The second kappa shape index (κ2) is 10.8. The number of nitrogens with one attached hydrogen (secondary N) is 2. The molecule has 0 amide bonds. The number of likely N-dealkylation sites (tertiary alicyclic amines) is 2. The van der Waals surface area contributed by atoms with Crippen LogP contribution in [0.4, 0.5) is 0 Å². The molecule has 2 saturated heterocycles. The van der Waals surface area contributed by atoms with Crippen LogP contribution in [0.15, 0.2) is 29.3 Å². The fourth-order valence-corrected chi connectivity index (χ4v) is 4.59. The van der Waals surface area contributed by atoms with Crippen LogP contribution in [0.2, 0.25) is 0 Å². The molecule has 2 aliphatic rings. The van der Waals surface area contributed by atoms with Gasteiger partial charge in [0.25, 0.3) is 0 Å². The smallest absolute Gasteiger partial charge is 0.191 e. The van der Waals surface area contributed by atoms with E-state index in [2.05, 4.69) is 44.6 Å². The third kappa shape index (κ3) is 6.09. The Morgan fingerprint density at radius 3 is 2.34 bits per heavy atom. The summed E-state index contributed by atoms with van der Waals surface area (Å²) in [6, 6.07) is 8.29. The van der Waals surface area contributed by atoms with Gasteiger partial charge in [0.05, 0.1) is 7.11 Å². The van der Waals surface area contributed by atoms with E-state index in [1.165, 1.54) is 63.8 Å². The van der Waals surface area contributed by atoms with Gasteiger partial charge in [-0.1, -0.05) is 18.6 Å². The molecule has 0 atom stereocenters. The van der Waals surface area contributed by atoms with Crippen LogP contribution in [-0.2, 0) is 6.42 Å². The Hall–Kier alpha value is -1.79. The van der Waals surface area contributed by atoms with Crippen molar-refractivity contribution in [1.29, 1.82) is 0 Å². The Bertz CT molecular complexity index is 631. The minimum Gasteiger partial charge on any atom is -0.497 e. The highest BCUT2D eigenvalue weighted by Crippen LogP contribution is 2.30. The van der Waals surface area contributed by atoms with Crippen molar-refractivity contribution in [3.8, 4) is 5.75 Å². The number of hydrogen-bond acceptors (Lipinski definition) is 4. The number of methoxy groups -OCH3 is 1. The summed E-state index contributed by atoms with van der Waals surface area (Å²) in [5, 5.41) is 7.15. The summed E-state index contributed by atoms with van der Waals surface area (Å²) < 4.78 is 5.23. The molecule has 6 heteroatoms. The minimum atomic E-state index is 0.264. The van der Waals surface area contributed by atoms with Crippen LogP contribution >= 0.6 is 0 Å². The van der Waals surface area contributed by atoms with Crippen molar-refractivity contribution in [3.63, 3.8) is 0 Å². The van der Waals surface area contributed by atoms with E-state index in [1.54, 1.807) is 7.11 Å². The van der Waals surface area contributed by atoms with Gasteiger partial charge in [0.1, 0.15) is 5.75 Å². The monoisotopic (exact) mass is 401 g/mol. The standard InChI is InChI=1S/C23H39N5O/c1-24-22(25-14-11-20-7-9-21(29-3)10-8-20)26-19-23(12-17-27(2)18-13-23)28-15-5-4-6-16-28/h7-10H,4-6,11-19H2,1-3H3,(H2,24,25,26). The SMILES string of the molecule is CN=C(NCCc1ccc(OC)cc1)NCC1(N2CCCCC2)CCN(C)CC1. The lowest BCUT2D eigenvalue weighted by Gasteiger charge is -2.50. The van der Waals surface area contributed by atoms with Crippen LogP contribution < -0.4 is 15.4 Å². The fourth-order valence-electron chi connectivity index (χ4n) is 4.59. The summed E-state index contributed by atoms with van der Waals surface area (Å²) in [6.45, 7) is 6.70. The van der Waals surface area contributed by atoms with Gasteiger partial charge in [-0.2, -0.15) is 0 Å². The maximum absolute atomic E-state index is 5.23. The average molecular weight is 402 g/mol. The molecular formula is C23H39N5O. The van der Waals surface area contributed by atoms with Crippen molar-refractivity contribution >= 4 is 5.96 Å². The second-order valence-corrected chi connectivity index (χ2v) is 8.53. The van der Waals surface area contributed by atoms with Crippen LogP contribution in [0, 0.1) is 0 Å². The van der Waals surface area contributed by atoms with Crippen LogP contribution in [0.3, 0.4) is 0 Å². The summed E-state index contributed by atoms with van der Waals surface area (Å²) in [4.78, 5) is 9.70. The first-order valence-corrected chi connectivity index (χ1v) is 11.2. The summed E-state index contributed by atoms with van der Waals surface area (Å²) >= 11 is 0. The Kier molecular flexibility index (Phi) is 8.19. The zero-order valence-corrected chi connectivity index (χ0v) is 18.5. The lowest BCUT2D eigenvalue weighted by Crippen LogP contribution is -2.62. The molecule has 0 unspecified atom stereocenters. The molecule has 162 valence electrons. The molecule has 0 aliphatic carbocycles. The lowest BCUT2D eigenvalue weighted by atomic mass is 9.84. The van der Waals surface area contributed by atoms with Gasteiger partial charge >= 0.3 is 0 Å². The first kappa shape index (κ1) is 21.9. The second-order valence-electron chi connectivity index (χ2n) is 8.53. The van der Waals surface area contributed by atoms with Gasteiger partial charge in [-0.15, -0.1) is 0 Å². The van der Waals surface area contributed by atoms with Gasteiger partial charge in [0.15, 0.2) is 5.96 Å². The molecule has 2 N–H and O–H groups in total. The molecule has 0 saturated carbocycles. The average Bonchev–Trinajstić information content (AvgIpc) is 2.78. The Morgan fingerprint density at radius 2 is 1.72 bits per heavy atom. The van der Waals surface area contributed by atoms with Crippen molar-refractivity contribution < 1.29 is 4.74 Å². The molecule has 0 spiro atoms. The molecule has 0 aromatic heterocycles. The van der Waals surface area contributed by atoms with Gasteiger partial charge in [0, 0.05) is 25.7 Å².